The summed E-state index contributed by atoms with van der Waals surface area (Å²) in [5.74, 6) is -0.833. The minimum absolute atomic E-state index is 0.0169. The fourth-order valence-corrected chi connectivity index (χ4v) is 1.75. The van der Waals surface area contributed by atoms with Crippen molar-refractivity contribution in [2.24, 2.45) is 0 Å². The van der Waals surface area contributed by atoms with Crippen LogP contribution in [0.25, 0.3) is 0 Å². The normalized spacial score (nSPS) is 10.5. The molecule has 0 aliphatic rings. The lowest BCUT2D eigenvalue weighted by atomic mass is 10.1. The SMILES string of the molecule is COc1cccc(CCN/C=C(/C#N)C(=O)NCCC(=O)O)c1. The fourth-order valence-electron chi connectivity index (χ4n) is 1.75. The van der Waals surface area contributed by atoms with Gasteiger partial charge in [-0.25, -0.2) is 0 Å². The first-order valence-electron chi connectivity index (χ1n) is 7.03. The van der Waals surface area contributed by atoms with Crippen LogP contribution in [-0.2, 0) is 16.0 Å². The highest BCUT2D eigenvalue weighted by Crippen LogP contribution is 2.12. The molecule has 0 aromatic heterocycles. The number of carbonyl (C=O) groups excluding carboxylic acids is 1. The van der Waals surface area contributed by atoms with Crippen LogP contribution in [0.5, 0.6) is 5.75 Å². The minimum atomic E-state index is -1.01. The van der Waals surface area contributed by atoms with Crippen LogP contribution < -0.4 is 15.4 Å². The Morgan fingerprint density at radius 2 is 2.17 bits per heavy atom. The zero-order chi connectivity index (χ0) is 17.1. The van der Waals surface area contributed by atoms with Gasteiger partial charge in [-0.1, -0.05) is 12.1 Å². The van der Waals surface area contributed by atoms with E-state index in [0.29, 0.717) is 13.0 Å². The molecule has 7 nitrogen and oxygen atoms in total. The molecule has 0 unspecified atom stereocenters. The largest absolute Gasteiger partial charge is 0.497 e. The Kier molecular flexibility index (Phi) is 7.72. The molecule has 0 aliphatic heterocycles. The molecule has 3 N–H and O–H groups in total. The number of benzene rings is 1. The average Bonchev–Trinajstić information content (AvgIpc) is 2.54. The van der Waals surface area contributed by atoms with E-state index in [9.17, 15) is 9.59 Å². The van der Waals surface area contributed by atoms with E-state index in [0.717, 1.165) is 11.3 Å². The number of hydrogen-bond donors (Lipinski definition) is 3. The molecule has 7 heteroatoms. The smallest absolute Gasteiger partial charge is 0.305 e. The number of hydrogen-bond acceptors (Lipinski definition) is 5. The summed E-state index contributed by atoms with van der Waals surface area (Å²) in [6.45, 7) is 0.526. The van der Waals surface area contributed by atoms with Gasteiger partial charge in [0, 0.05) is 19.3 Å². The molecule has 0 aliphatic carbocycles. The van der Waals surface area contributed by atoms with Crippen molar-refractivity contribution in [2.45, 2.75) is 12.8 Å². The van der Waals surface area contributed by atoms with Gasteiger partial charge in [0.05, 0.1) is 13.5 Å². The van der Waals surface area contributed by atoms with Gasteiger partial charge in [0.2, 0.25) is 0 Å². The lowest BCUT2D eigenvalue weighted by molar-refractivity contribution is -0.136. The summed E-state index contributed by atoms with van der Waals surface area (Å²) < 4.78 is 5.13. The molecule has 0 atom stereocenters. The first-order chi connectivity index (χ1) is 11.1. The number of rotatable bonds is 9. The van der Waals surface area contributed by atoms with E-state index in [1.165, 1.54) is 6.20 Å². The number of carbonyl (C=O) groups is 2. The van der Waals surface area contributed by atoms with Gasteiger partial charge >= 0.3 is 5.97 Å². The molecule has 0 saturated carbocycles. The lowest BCUT2D eigenvalue weighted by Gasteiger charge is -2.05. The maximum atomic E-state index is 11.7. The summed E-state index contributed by atoms with van der Waals surface area (Å²) in [6, 6.07) is 9.39. The molecule has 0 radical (unpaired) electrons. The number of carboxylic acids is 1. The highest BCUT2D eigenvalue weighted by Gasteiger charge is 2.08. The molecule has 1 rings (SSSR count). The Morgan fingerprint density at radius 1 is 1.39 bits per heavy atom. The number of ether oxygens (including phenoxy) is 1. The molecule has 0 spiro atoms. The second kappa shape index (κ2) is 9.84. The Morgan fingerprint density at radius 3 is 2.83 bits per heavy atom. The van der Waals surface area contributed by atoms with Crippen LogP contribution in [0.3, 0.4) is 0 Å². The summed E-state index contributed by atoms with van der Waals surface area (Å²) in [5.41, 5.74) is 0.968. The maximum absolute atomic E-state index is 11.7. The van der Waals surface area contributed by atoms with Crippen molar-refractivity contribution in [3.63, 3.8) is 0 Å². The number of carboxylic acid groups (broad SMARTS) is 1. The second-order valence-corrected chi connectivity index (χ2v) is 4.63. The van der Waals surface area contributed by atoms with Crippen LogP contribution in [0.2, 0.25) is 0 Å². The molecule has 0 bridgehead atoms. The van der Waals surface area contributed by atoms with Crippen molar-refractivity contribution < 1.29 is 19.4 Å². The van der Waals surface area contributed by atoms with E-state index in [2.05, 4.69) is 10.6 Å². The number of methoxy groups -OCH3 is 1. The van der Waals surface area contributed by atoms with Crippen molar-refractivity contribution in [1.29, 1.82) is 5.26 Å². The molecule has 122 valence electrons. The van der Waals surface area contributed by atoms with Crippen molar-refractivity contribution in [3.8, 4) is 11.8 Å². The van der Waals surface area contributed by atoms with Crippen LogP contribution >= 0.6 is 0 Å². The van der Waals surface area contributed by atoms with E-state index in [4.69, 9.17) is 15.1 Å². The predicted octanol–water partition coefficient (Wildman–Crippen LogP) is 0.826. The zero-order valence-electron chi connectivity index (χ0n) is 12.8. The maximum Gasteiger partial charge on any atom is 0.305 e. The van der Waals surface area contributed by atoms with Crippen molar-refractivity contribution in [3.05, 3.63) is 41.6 Å². The lowest BCUT2D eigenvalue weighted by Crippen LogP contribution is -2.28. The highest BCUT2D eigenvalue weighted by atomic mass is 16.5. The van der Waals surface area contributed by atoms with Gasteiger partial charge in [-0.15, -0.1) is 0 Å². The van der Waals surface area contributed by atoms with Gasteiger partial charge in [0.1, 0.15) is 17.4 Å². The van der Waals surface area contributed by atoms with E-state index < -0.39 is 11.9 Å². The van der Waals surface area contributed by atoms with E-state index in [-0.39, 0.29) is 18.5 Å². The first-order valence-corrected chi connectivity index (χ1v) is 7.03. The Hall–Kier alpha value is -3.01. The van der Waals surface area contributed by atoms with Gasteiger partial charge in [0.25, 0.3) is 5.91 Å². The van der Waals surface area contributed by atoms with E-state index >= 15 is 0 Å². The molecule has 0 heterocycles. The Balaban J connectivity index is 2.42. The molecule has 23 heavy (non-hydrogen) atoms. The third kappa shape index (κ3) is 7.00. The Bertz CT molecular complexity index is 620. The van der Waals surface area contributed by atoms with Gasteiger partial charge in [-0.2, -0.15) is 5.26 Å². The van der Waals surface area contributed by atoms with Crippen molar-refractivity contribution >= 4 is 11.9 Å². The summed E-state index contributed by atoms with van der Waals surface area (Å²) in [6.07, 6.45) is 1.84. The number of amides is 1. The fraction of sp³-hybridized carbons (Fsp3) is 0.312. The standard InChI is InChI=1S/C16H19N3O4/c1-23-14-4-2-3-12(9-14)5-7-18-11-13(10-17)16(22)19-8-6-15(20)21/h2-4,9,11,18H,5-8H2,1H3,(H,19,22)(H,20,21)/b13-11-. The number of nitrogens with zero attached hydrogens (tertiary/aromatic N) is 1. The molecule has 1 aromatic rings. The van der Waals surface area contributed by atoms with Crippen LogP contribution in [0, 0.1) is 11.3 Å². The topological polar surface area (TPSA) is 111 Å². The third-order valence-electron chi connectivity index (χ3n) is 2.93. The predicted molar refractivity (Wildman–Crippen MR) is 83.7 cm³/mol. The van der Waals surface area contributed by atoms with E-state index in [1.807, 2.05) is 24.3 Å². The zero-order valence-corrected chi connectivity index (χ0v) is 12.8. The summed E-state index contributed by atoms with van der Waals surface area (Å²) in [7, 11) is 1.60. The van der Waals surface area contributed by atoms with Gasteiger partial charge in [0.15, 0.2) is 0 Å². The summed E-state index contributed by atoms with van der Waals surface area (Å²) in [4.78, 5) is 22.0. The minimum Gasteiger partial charge on any atom is -0.497 e. The van der Waals surface area contributed by atoms with Crippen LogP contribution in [0.1, 0.15) is 12.0 Å². The molecular weight excluding hydrogens is 298 g/mol. The van der Waals surface area contributed by atoms with E-state index in [1.54, 1.807) is 13.2 Å². The summed E-state index contributed by atoms with van der Waals surface area (Å²) in [5, 5.41) is 22.7. The van der Waals surface area contributed by atoms with Gasteiger partial charge in [-0.3, -0.25) is 9.59 Å². The van der Waals surface area contributed by atoms with Crippen molar-refractivity contribution in [1.82, 2.24) is 10.6 Å². The number of nitrogens with one attached hydrogen (secondary N) is 2. The molecule has 0 saturated heterocycles. The highest BCUT2D eigenvalue weighted by molar-refractivity contribution is 5.97. The molecular formula is C16H19N3O4. The Labute approximate surface area is 134 Å². The van der Waals surface area contributed by atoms with Crippen LogP contribution in [0.4, 0.5) is 0 Å². The first kappa shape index (κ1) is 18.0. The average molecular weight is 317 g/mol. The van der Waals surface area contributed by atoms with Crippen molar-refractivity contribution in [2.75, 3.05) is 20.2 Å². The second-order valence-electron chi connectivity index (χ2n) is 4.63. The van der Waals surface area contributed by atoms with Gasteiger partial charge < -0.3 is 20.5 Å². The third-order valence-corrected chi connectivity index (χ3v) is 2.93. The molecule has 1 aromatic carbocycles. The van der Waals surface area contributed by atoms with Crippen LogP contribution in [0.15, 0.2) is 36.0 Å². The van der Waals surface area contributed by atoms with Gasteiger partial charge in [-0.05, 0) is 24.1 Å². The molecule has 0 fully saturated rings. The molecule has 1 amide bonds. The quantitative estimate of drug-likeness (QED) is 0.353. The summed E-state index contributed by atoms with van der Waals surface area (Å²) >= 11 is 0. The van der Waals surface area contributed by atoms with Crippen LogP contribution in [-0.4, -0.2) is 37.2 Å². The number of aliphatic carboxylic acids is 1. The number of nitriles is 1. The monoisotopic (exact) mass is 317 g/mol.